The molecule has 4 nitrogen and oxygen atoms in total. The number of benzene rings is 1. The van der Waals surface area contributed by atoms with Gasteiger partial charge in [-0.3, -0.25) is 0 Å². The molecule has 0 radical (unpaired) electrons. The lowest BCUT2D eigenvalue weighted by atomic mass is 10.1. The molecular weight excluding hydrogens is 310 g/mol. The molecule has 0 bridgehead atoms. The van der Waals surface area contributed by atoms with E-state index in [1.807, 2.05) is 25.1 Å². The zero-order valence-corrected chi connectivity index (χ0v) is 12.7. The van der Waals surface area contributed by atoms with Gasteiger partial charge in [0.2, 0.25) is 0 Å². The van der Waals surface area contributed by atoms with Crippen LogP contribution in [0.3, 0.4) is 0 Å². The van der Waals surface area contributed by atoms with Crippen LogP contribution in [0.4, 0.5) is 5.69 Å². The topological polar surface area (TPSA) is 58.6 Å². The second-order valence-electron chi connectivity index (χ2n) is 3.97. The van der Waals surface area contributed by atoms with Gasteiger partial charge in [0.15, 0.2) is 0 Å². The van der Waals surface area contributed by atoms with Crippen LogP contribution in [0.5, 0.6) is 0 Å². The number of hydrogen-bond acceptors (Lipinski definition) is 3. The SMILES string of the molecule is CC/C(=C/CNc1cccc(Br)c1COC)C(=O)O. The second-order valence-corrected chi connectivity index (χ2v) is 4.82. The molecule has 0 fully saturated rings. The first-order chi connectivity index (χ1) is 9.10. The zero-order valence-electron chi connectivity index (χ0n) is 11.1. The third-order valence-electron chi connectivity index (χ3n) is 2.70. The quantitative estimate of drug-likeness (QED) is 0.753. The minimum Gasteiger partial charge on any atom is -0.478 e. The van der Waals surface area contributed by atoms with Crippen molar-refractivity contribution in [2.75, 3.05) is 19.0 Å². The van der Waals surface area contributed by atoms with Crippen molar-refractivity contribution < 1.29 is 14.6 Å². The first-order valence-electron chi connectivity index (χ1n) is 6.02. The van der Waals surface area contributed by atoms with Gasteiger partial charge in [-0.05, 0) is 18.6 Å². The number of carbonyl (C=O) groups is 1. The van der Waals surface area contributed by atoms with Gasteiger partial charge in [-0.1, -0.05) is 35.0 Å². The van der Waals surface area contributed by atoms with E-state index >= 15 is 0 Å². The standard InChI is InChI=1S/C14H18BrNO3/c1-3-10(14(17)18)7-8-16-13-6-4-5-12(15)11(13)9-19-2/h4-7,16H,3,8-9H2,1-2H3,(H,17,18)/b10-7-. The Bertz CT molecular complexity index is 472. The molecule has 104 valence electrons. The molecule has 1 aromatic carbocycles. The van der Waals surface area contributed by atoms with E-state index < -0.39 is 5.97 Å². The predicted octanol–water partition coefficient (Wildman–Crippen LogP) is 3.43. The van der Waals surface area contributed by atoms with Crippen molar-refractivity contribution in [2.45, 2.75) is 20.0 Å². The third-order valence-corrected chi connectivity index (χ3v) is 3.45. The summed E-state index contributed by atoms with van der Waals surface area (Å²) >= 11 is 3.48. The fourth-order valence-electron chi connectivity index (χ4n) is 1.68. The molecule has 0 aliphatic carbocycles. The van der Waals surface area contributed by atoms with E-state index in [2.05, 4.69) is 21.2 Å². The van der Waals surface area contributed by atoms with E-state index in [0.29, 0.717) is 25.1 Å². The van der Waals surface area contributed by atoms with E-state index in [-0.39, 0.29) is 0 Å². The highest BCUT2D eigenvalue weighted by Gasteiger charge is 2.06. The van der Waals surface area contributed by atoms with Gasteiger partial charge >= 0.3 is 5.97 Å². The Morgan fingerprint density at radius 3 is 2.84 bits per heavy atom. The van der Waals surface area contributed by atoms with Gasteiger partial charge in [0.1, 0.15) is 0 Å². The van der Waals surface area contributed by atoms with E-state index in [4.69, 9.17) is 9.84 Å². The van der Waals surface area contributed by atoms with E-state index in [0.717, 1.165) is 15.7 Å². The number of rotatable bonds is 7. The number of nitrogens with one attached hydrogen (secondary N) is 1. The van der Waals surface area contributed by atoms with E-state index in [9.17, 15) is 4.79 Å². The number of ether oxygens (including phenoxy) is 1. The summed E-state index contributed by atoms with van der Waals surface area (Å²) < 4.78 is 6.13. The molecule has 0 saturated heterocycles. The lowest BCUT2D eigenvalue weighted by Crippen LogP contribution is -2.06. The highest BCUT2D eigenvalue weighted by molar-refractivity contribution is 9.10. The summed E-state index contributed by atoms with van der Waals surface area (Å²) in [6.45, 7) is 2.80. The van der Waals surface area contributed by atoms with Gasteiger partial charge in [0, 0.05) is 35.0 Å². The fourth-order valence-corrected chi connectivity index (χ4v) is 2.16. The monoisotopic (exact) mass is 327 g/mol. The third kappa shape index (κ3) is 4.69. The number of methoxy groups -OCH3 is 1. The van der Waals surface area contributed by atoms with Gasteiger partial charge in [-0.25, -0.2) is 4.79 Å². The van der Waals surface area contributed by atoms with Gasteiger partial charge in [-0.15, -0.1) is 0 Å². The fraction of sp³-hybridized carbons (Fsp3) is 0.357. The maximum atomic E-state index is 10.9. The molecule has 2 N–H and O–H groups in total. The molecule has 0 aliphatic heterocycles. The minimum atomic E-state index is -0.865. The molecule has 0 unspecified atom stereocenters. The summed E-state index contributed by atoms with van der Waals surface area (Å²) in [6, 6.07) is 5.82. The number of anilines is 1. The molecule has 0 saturated carbocycles. The Kier molecular flexibility index (Phi) is 6.59. The average Bonchev–Trinajstić information content (AvgIpc) is 2.38. The Balaban J connectivity index is 2.78. The van der Waals surface area contributed by atoms with Crippen LogP contribution in [0.25, 0.3) is 0 Å². The molecule has 0 heterocycles. The summed E-state index contributed by atoms with van der Waals surface area (Å²) in [7, 11) is 1.64. The Hall–Kier alpha value is -1.33. The smallest absolute Gasteiger partial charge is 0.331 e. The number of hydrogen-bond donors (Lipinski definition) is 2. The minimum absolute atomic E-state index is 0.413. The lowest BCUT2D eigenvalue weighted by Gasteiger charge is -2.12. The largest absolute Gasteiger partial charge is 0.478 e. The number of aliphatic carboxylic acids is 1. The van der Waals surface area contributed by atoms with Crippen LogP contribution in [0.1, 0.15) is 18.9 Å². The molecule has 1 aromatic rings. The summed E-state index contributed by atoms with van der Waals surface area (Å²) in [5.74, 6) is -0.865. The molecule has 0 aliphatic rings. The van der Waals surface area contributed by atoms with E-state index in [1.54, 1.807) is 13.2 Å². The molecule has 19 heavy (non-hydrogen) atoms. The molecule has 0 aromatic heterocycles. The van der Waals surface area contributed by atoms with Crippen molar-refractivity contribution in [2.24, 2.45) is 0 Å². The summed E-state index contributed by atoms with van der Waals surface area (Å²) in [5, 5.41) is 12.1. The normalized spacial score (nSPS) is 11.4. The molecular formula is C14H18BrNO3. The predicted molar refractivity (Wildman–Crippen MR) is 79.4 cm³/mol. The van der Waals surface area contributed by atoms with Crippen LogP contribution in [0, 0.1) is 0 Å². The Morgan fingerprint density at radius 1 is 1.53 bits per heavy atom. The molecule has 0 amide bonds. The summed E-state index contributed by atoms with van der Waals surface area (Å²) in [4.78, 5) is 10.9. The maximum absolute atomic E-state index is 10.9. The molecule has 5 heteroatoms. The van der Waals surface area contributed by atoms with Gasteiger partial charge in [-0.2, -0.15) is 0 Å². The van der Waals surface area contributed by atoms with Gasteiger partial charge < -0.3 is 15.2 Å². The number of carboxylic acid groups (broad SMARTS) is 1. The van der Waals surface area contributed by atoms with Crippen molar-refractivity contribution in [3.05, 3.63) is 39.9 Å². The number of halogens is 1. The first kappa shape index (κ1) is 15.7. The molecule has 0 atom stereocenters. The molecule has 1 rings (SSSR count). The van der Waals surface area contributed by atoms with E-state index in [1.165, 1.54) is 0 Å². The molecule has 0 spiro atoms. The highest BCUT2D eigenvalue weighted by Crippen LogP contribution is 2.25. The van der Waals surface area contributed by atoms with Crippen molar-refractivity contribution in [1.29, 1.82) is 0 Å². The second kappa shape index (κ2) is 7.96. The van der Waals surface area contributed by atoms with Crippen molar-refractivity contribution >= 4 is 27.6 Å². The lowest BCUT2D eigenvalue weighted by molar-refractivity contribution is -0.132. The van der Waals surface area contributed by atoms with Crippen molar-refractivity contribution in [3.63, 3.8) is 0 Å². The van der Waals surface area contributed by atoms with Crippen LogP contribution < -0.4 is 5.32 Å². The van der Waals surface area contributed by atoms with Crippen molar-refractivity contribution in [1.82, 2.24) is 0 Å². The van der Waals surface area contributed by atoms with Crippen LogP contribution in [0.2, 0.25) is 0 Å². The first-order valence-corrected chi connectivity index (χ1v) is 6.82. The van der Waals surface area contributed by atoms with Crippen LogP contribution in [0.15, 0.2) is 34.3 Å². The van der Waals surface area contributed by atoms with Gasteiger partial charge in [0.05, 0.1) is 6.61 Å². The average molecular weight is 328 g/mol. The Morgan fingerprint density at radius 2 is 2.26 bits per heavy atom. The zero-order chi connectivity index (χ0) is 14.3. The van der Waals surface area contributed by atoms with Crippen LogP contribution in [-0.4, -0.2) is 24.7 Å². The van der Waals surface area contributed by atoms with Crippen molar-refractivity contribution in [3.8, 4) is 0 Å². The Labute approximate surface area is 121 Å². The number of carboxylic acids is 1. The van der Waals surface area contributed by atoms with Crippen LogP contribution >= 0.6 is 15.9 Å². The summed E-state index contributed by atoms with van der Waals surface area (Å²) in [6.07, 6.45) is 2.21. The van der Waals surface area contributed by atoms with Crippen LogP contribution in [-0.2, 0) is 16.1 Å². The van der Waals surface area contributed by atoms with Gasteiger partial charge in [0.25, 0.3) is 0 Å². The highest BCUT2D eigenvalue weighted by atomic mass is 79.9. The summed E-state index contributed by atoms with van der Waals surface area (Å²) in [5.41, 5.74) is 2.37. The maximum Gasteiger partial charge on any atom is 0.331 e.